The summed E-state index contributed by atoms with van der Waals surface area (Å²) in [7, 11) is 0. The van der Waals surface area contributed by atoms with Gasteiger partial charge in [-0.25, -0.2) is 14.6 Å². The number of carboxylic acid groups (broad SMARTS) is 1. The average molecular weight is 519 g/mol. The summed E-state index contributed by atoms with van der Waals surface area (Å²) in [6, 6.07) is 27.3. The number of aromatic nitrogens is 2. The van der Waals surface area contributed by atoms with E-state index in [-0.39, 0.29) is 5.56 Å². The van der Waals surface area contributed by atoms with Gasteiger partial charge in [-0.1, -0.05) is 80.1 Å². The van der Waals surface area contributed by atoms with Crippen molar-refractivity contribution in [1.82, 2.24) is 9.38 Å². The fraction of sp³-hybridized carbons (Fsp3) is 0.182. The van der Waals surface area contributed by atoms with Gasteiger partial charge in [0.05, 0.1) is 22.5 Å². The first-order valence-electron chi connectivity index (χ1n) is 13.1. The highest BCUT2D eigenvalue weighted by atomic mass is 16.5. The number of imidazole rings is 1. The number of esters is 1. The zero-order valence-electron chi connectivity index (χ0n) is 22.0. The second-order valence-corrected chi connectivity index (χ2v) is 9.60. The summed E-state index contributed by atoms with van der Waals surface area (Å²) >= 11 is 0. The van der Waals surface area contributed by atoms with Crippen LogP contribution in [0, 0.1) is 6.92 Å². The van der Waals surface area contributed by atoms with Crippen LogP contribution in [0.5, 0.6) is 0 Å². The number of aryl methyl sites for hydroxylation is 2. The molecule has 39 heavy (non-hydrogen) atoms. The van der Waals surface area contributed by atoms with Crippen molar-refractivity contribution in [2.45, 2.75) is 39.2 Å². The van der Waals surface area contributed by atoms with E-state index in [0.29, 0.717) is 22.4 Å². The van der Waals surface area contributed by atoms with Gasteiger partial charge in [0.1, 0.15) is 5.65 Å². The van der Waals surface area contributed by atoms with Gasteiger partial charge < -0.3 is 9.84 Å². The van der Waals surface area contributed by atoms with Crippen molar-refractivity contribution in [1.29, 1.82) is 0 Å². The Balaban J connectivity index is 1.66. The minimum atomic E-state index is -1.05. The van der Waals surface area contributed by atoms with Crippen molar-refractivity contribution in [2.24, 2.45) is 0 Å². The number of ether oxygens (including phenoxy) is 1. The minimum Gasteiger partial charge on any atom is -0.478 e. The number of carbonyl (C=O) groups excluding carboxylic acids is 1. The zero-order valence-corrected chi connectivity index (χ0v) is 22.0. The second kappa shape index (κ2) is 11.4. The number of pyridine rings is 1. The molecule has 6 heteroatoms. The molecular weight excluding hydrogens is 488 g/mol. The van der Waals surface area contributed by atoms with E-state index >= 15 is 0 Å². The number of aromatic carboxylic acids is 1. The van der Waals surface area contributed by atoms with Gasteiger partial charge in [0.2, 0.25) is 0 Å². The lowest BCUT2D eigenvalue weighted by molar-refractivity contribution is 0.0368. The first-order valence-corrected chi connectivity index (χ1v) is 13.1. The molecule has 0 saturated carbocycles. The Bertz CT molecular complexity index is 1620. The largest absolute Gasteiger partial charge is 0.478 e. The highest BCUT2D eigenvalue weighted by Crippen LogP contribution is 2.33. The molecule has 0 spiro atoms. The molecule has 5 rings (SSSR count). The molecule has 0 radical (unpaired) electrons. The highest BCUT2D eigenvalue weighted by Gasteiger charge is 2.26. The first kappa shape index (κ1) is 25.9. The molecule has 0 aliphatic heterocycles. The molecule has 1 unspecified atom stereocenters. The van der Waals surface area contributed by atoms with Crippen LogP contribution >= 0.6 is 0 Å². The molecule has 6 nitrogen and oxygen atoms in total. The third-order valence-electron chi connectivity index (χ3n) is 6.84. The third-order valence-corrected chi connectivity index (χ3v) is 6.84. The number of fused-ring (bicyclic) bond motifs is 1. The molecule has 5 aromatic rings. The van der Waals surface area contributed by atoms with Crippen LogP contribution in [0.2, 0.25) is 0 Å². The molecule has 1 N–H and O–H groups in total. The van der Waals surface area contributed by atoms with Crippen molar-refractivity contribution >= 4 is 17.6 Å². The van der Waals surface area contributed by atoms with Gasteiger partial charge in [-0.2, -0.15) is 0 Å². The topological polar surface area (TPSA) is 80.9 Å². The van der Waals surface area contributed by atoms with E-state index < -0.39 is 18.0 Å². The summed E-state index contributed by atoms with van der Waals surface area (Å²) in [5, 5.41) is 10.1. The van der Waals surface area contributed by atoms with Crippen molar-refractivity contribution in [3.05, 3.63) is 131 Å². The Morgan fingerprint density at radius 2 is 1.67 bits per heavy atom. The Morgan fingerprint density at radius 1 is 0.949 bits per heavy atom. The van der Waals surface area contributed by atoms with E-state index in [1.165, 1.54) is 0 Å². The van der Waals surface area contributed by atoms with E-state index in [9.17, 15) is 14.7 Å². The minimum absolute atomic E-state index is 0.136. The van der Waals surface area contributed by atoms with Gasteiger partial charge >= 0.3 is 11.9 Å². The van der Waals surface area contributed by atoms with Crippen LogP contribution in [0.15, 0.2) is 97.2 Å². The van der Waals surface area contributed by atoms with Gasteiger partial charge in [-0.15, -0.1) is 0 Å². The fourth-order valence-electron chi connectivity index (χ4n) is 4.78. The maximum Gasteiger partial charge on any atom is 0.339 e. The van der Waals surface area contributed by atoms with E-state index in [2.05, 4.69) is 6.92 Å². The summed E-state index contributed by atoms with van der Waals surface area (Å²) in [5.74, 6) is -1.55. The average Bonchev–Trinajstić information content (AvgIpc) is 3.41. The summed E-state index contributed by atoms with van der Waals surface area (Å²) in [4.78, 5) is 30.5. The summed E-state index contributed by atoms with van der Waals surface area (Å²) in [6.07, 6.45) is 4.06. The normalized spacial score (nSPS) is 11.8. The Labute approximate surface area is 227 Å². The smallest absolute Gasteiger partial charge is 0.339 e. The SMILES string of the molecule is CCCCc1cn2c(C(OC(=O)c3ccccc3)c3ccc(-c4ccccc4)c(C(=O)O)c3)ccc(C)c2n1. The molecule has 2 aromatic heterocycles. The van der Waals surface area contributed by atoms with Crippen LogP contribution < -0.4 is 0 Å². The molecule has 0 saturated heterocycles. The predicted octanol–water partition coefficient (Wildman–Crippen LogP) is 7.30. The van der Waals surface area contributed by atoms with Gasteiger partial charge in [-0.05, 0) is 66.3 Å². The summed E-state index contributed by atoms with van der Waals surface area (Å²) in [6.45, 7) is 4.14. The standard InChI is InChI=1S/C33H30N2O4/c1-3-4-15-26-21-35-29(19-16-22(2)31(35)34-26)30(39-33(38)24-13-9-6-10-14-24)25-17-18-27(28(20-25)32(36)37)23-11-7-5-8-12-23/h5-14,16-21,30H,3-4,15H2,1-2H3,(H,36,37). The van der Waals surface area contributed by atoms with Gasteiger partial charge in [0, 0.05) is 6.20 Å². The maximum atomic E-state index is 13.3. The molecule has 3 aromatic carbocycles. The number of unbranched alkanes of at least 4 members (excludes halogenated alkanes) is 1. The molecule has 196 valence electrons. The van der Waals surface area contributed by atoms with E-state index in [0.717, 1.165) is 41.7 Å². The Morgan fingerprint density at radius 3 is 2.36 bits per heavy atom. The van der Waals surface area contributed by atoms with Gasteiger partial charge in [0.25, 0.3) is 0 Å². The number of hydrogen-bond acceptors (Lipinski definition) is 4. The summed E-state index contributed by atoms with van der Waals surface area (Å²) < 4.78 is 8.11. The van der Waals surface area contributed by atoms with Crippen LogP contribution in [-0.2, 0) is 11.2 Å². The molecule has 2 heterocycles. The van der Waals surface area contributed by atoms with E-state index in [1.54, 1.807) is 36.4 Å². The monoisotopic (exact) mass is 518 g/mol. The zero-order chi connectivity index (χ0) is 27.4. The lowest BCUT2D eigenvalue weighted by Gasteiger charge is -2.22. The molecule has 0 aliphatic rings. The third kappa shape index (κ3) is 5.46. The van der Waals surface area contributed by atoms with Crippen LogP contribution in [0.3, 0.4) is 0 Å². The first-order chi connectivity index (χ1) is 19.0. The van der Waals surface area contributed by atoms with Crippen LogP contribution in [0.1, 0.15) is 69.1 Å². The van der Waals surface area contributed by atoms with Gasteiger partial charge in [-0.3, -0.25) is 4.40 Å². The molecule has 0 fully saturated rings. The lowest BCUT2D eigenvalue weighted by Crippen LogP contribution is -2.16. The molecular formula is C33H30N2O4. The lowest BCUT2D eigenvalue weighted by atomic mass is 9.94. The Kier molecular flexibility index (Phi) is 7.55. The van der Waals surface area contributed by atoms with Crippen LogP contribution in [0.25, 0.3) is 16.8 Å². The fourth-order valence-corrected chi connectivity index (χ4v) is 4.78. The van der Waals surface area contributed by atoms with Crippen molar-refractivity contribution in [3.8, 4) is 11.1 Å². The molecule has 1 atom stereocenters. The predicted molar refractivity (Wildman–Crippen MR) is 151 cm³/mol. The van der Waals surface area contributed by atoms with Crippen molar-refractivity contribution in [3.63, 3.8) is 0 Å². The Hall–Kier alpha value is -4.71. The van der Waals surface area contributed by atoms with Gasteiger partial charge in [0.15, 0.2) is 6.10 Å². The molecule has 0 amide bonds. The number of hydrogen-bond donors (Lipinski definition) is 1. The number of nitrogens with zero attached hydrogens (tertiary/aromatic N) is 2. The van der Waals surface area contributed by atoms with E-state index in [4.69, 9.17) is 9.72 Å². The van der Waals surface area contributed by atoms with Crippen LogP contribution in [0.4, 0.5) is 0 Å². The van der Waals surface area contributed by atoms with Crippen molar-refractivity contribution in [2.75, 3.05) is 0 Å². The second-order valence-electron chi connectivity index (χ2n) is 9.60. The summed E-state index contributed by atoms with van der Waals surface area (Å²) in [5.41, 5.74) is 5.96. The molecule has 0 aliphatic carbocycles. The van der Waals surface area contributed by atoms with Crippen LogP contribution in [-0.4, -0.2) is 26.4 Å². The number of benzene rings is 3. The quantitative estimate of drug-likeness (QED) is 0.207. The maximum absolute atomic E-state index is 13.3. The highest BCUT2D eigenvalue weighted by molar-refractivity contribution is 5.96. The van der Waals surface area contributed by atoms with E-state index in [1.807, 2.05) is 72.1 Å². The number of rotatable bonds is 9. The number of carboxylic acids is 1. The molecule has 0 bridgehead atoms. The van der Waals surface area contributed by atoms with Crippen molar-refractivity contribution < 1.29 is 19.4 Å². The number of carbonyl (C=O) groups is 2.